The predicted octanol–water partition coefficient (Wildman–Crippen LogP) is 1.30. The van der Waals surface area contributed by atoms with Crippen LogP contribution in [0.1, 0.15) is 11.3 Å². The molecule has 0 aliphatic rings. The zero-order valence-electron chi connectivity index (χ0n) is 6.13. The van der Waals surface area contributed by atoms with Crippen molar-refractivity contribution in [2.24, 2.45) is 0 Å². The molecular formula is C7H12N2S. The molecule has 1 N–H and O–H groups in total. The Morgan fingerprint density at radius 3 is 3.20 bits per heavy atom. The molecule has 0 fully saturated rings. The van der Waals surface area contributed by atoms with Gasteiger partial charge in [-0.15, -0.1) is 0 Å². The molecule has 10 heavy (non-hydrogen) atoms. The lowest BCUT2D eigenvalue weighted by molar-refractivity contribution is 0.729. The Hall–Kier alpha value is -0.410. The summed E-state index contributed by atoms with van der Waals surface area (Å²) in [5, 5.41) is 3.11. The van der Waals surface area contributed by atoms with Crippen molar-refractivity contribution in [2.45, 2.75) is 12.8 Å². The van der Waals surface area contributed by atoms with Crippen molar-refractivity contribution >= 4 is 11.5 Å². The fourth-order valence-electron chi connectivity index (χ4n) is 0.810. The van der Waals surface area contributed by atoms with E-state index in [0.29, 0.717) is 0 Å². The topological polar surface area (TPSA) is 24.9 Å². The van der Waals surface area contributed by atoms with Crippen LogP contribution in [0.2, 0.25) is 0 Å². The van der Waals surface area contributed by atoms with Crippen LogP contribution in [0.4, 0.5) is 0 Å². The number of aromatic nitrogens is 1. The standard InChI is InChI=1S/C7H12N2S/c1-8-5-2-3-7-4-6-9-10-7/h4,6,8H,2-3,5H2,1H3. The smallest absolute Gasteiger partial charge is 0.0409 e. The van der Waals surface area contributed by atoms with Gasteiger partial charge in [0.15, 0.2) is 0 Å². The molecule has 1 aromatic heterocycles. The van der Waals surface area contributed by atoms with Crippen LogP contribution in [0.3, 0.4) is 0 Å². The average Bonchev–Trinajstić information content (AvgIpc) is 2.41. The second kappa shape index (κ2) is 4.41. The Kier molecular flexibility index (Phi) is 3.40. The van der Waals surface area contributed by atoms with Crippen LogP contribution < -0.4 is 5.32 Å². The Morgan fingerprint density at radius 2 is 2.60 bits per heavy atom. The highest BCUT2D eigenvalue weighted by molar-refractivity contribution is 7.05. The third-order valence-electron chi connectivity index (χ3n) is 1.34. The van der Waals surface area contributed by atoms with Gasteiger partial charge in [0.1, 0.15) is 0 Å². The van der Waals surface area contributed by atoms with E-state index in [9.17, 15) is 0 Å². The molecule has 0 amide bonds. The summed E-state index contributed by atoms with van der Waals surface area (Å²) in [7, 11) is 1.98. The van der Waals surface area contributed by atoms with Gasteiger partial charge in [-0.25, -0.2) is 4.37 Å². The summed E-state index contributed by atoms with van der Waals surface area (Å²) in [5.41, 5.74) is 0. The lowest BCUT2D eigenvalue weighted by Crippen LogP contribution is -2.07. The summed E-state index contributed by atoms with van der Waals surface area (Å²) in [5.74, 6) is 0. The molecule has 0 aliphatic carbocycles. The summed E-state index contributed by atoms with van der Waals surface area (Å²) < 4.78 is 4.02. The van der Waals surface area contributed by atoms with Crippen molar-refractivity contribution < 1.29 is 0 Å². The van der Waals surface area contributed by atoms with Crippen LogP contribution in [0.15, 0.2) is 12.3 Å². The average molecular weight is 156 g/mol. The molecule has 0 saturated heterocycles. The Balaban J connectivity index is 2.15. The Labute approximate surface area is 65.4 Å². The normalized spacial score (nSPS) is 10.1. The maximum absolute atomic E-state index is 4.02. The van der Waals surface area contributed by atoms with E-state index in [1.54, 1.807) is 11.5 Å². The van der Waals surface area contributed by atoms with Gasteiger partial charge in [0.2, 0.25) is 0 Å². The van der Waals surface area contributed by atoms with Crippen LogP contribution >= 0.6 is 11.5 Å². The first-order chi connectivity index (χ1) is 4.93. The van der Waals surface area contributed by atoms with Gasteiger partial charge in [0.25, 0.3) is 0 Å². The second-order valence-electron chi connectivity index (χ2n) is 2.19. The minimum Gasteiger partial charge on any atom is -0.320 e. The molecule has 0 atom stereocenters. The molecule has 1 aromatic rings. The molecule has 1 rings (SSSR count). The van der Waals surface area contributed by atoms with Gasteiger partial charge in [-0.2, -0.15) is 0 Å². The van der Waals surface area contributed by atoms with Gasteiger partial charge >= 0.3 is 0 Å². The predicted molar refractivity (Wildman–Crippen MR) is 44.4 cm³/mol. The van der Waals surface area contributed by atoms with E-state index < -0.39 is 0 Å². The van der Waals surface area contributed by atoms with E-state index in [1.807, 2.05) is 13.2 Å². The summed E-state index contributed by atoms with van der Waals surface area (Å²) in [6, 6.07) is 2.08. The van der Waals surface area contributed by atoms with E-state index in [1.165, 1.54) is 11.3 Å². The molecule has 0 unspecified atom stereocenters. The third-order valence-corrected chi connectivity index (χ3v) is 2.14. The number of nitrogens with one attached hydrogen (secondary N) is 1. The third kappa shape index (κ3) is 2.45. The Morgan fingerprint density at radius 1 is 1.70 bits per heavy atom. The molecule has 0 aromatic carbocycles. The van der Waals surface area contributed by atoms with E-state index in [2.05, 4.69) is 15.8 Å². The first-order valence-electron chi connectivity index (χ1n) is 3.47. The molecule has 1 heterocycles. The minimum atomic E-state index is 1.10. The first kappa shape index (κ1) is 7.69. The maximum atomic E-state index is 4.02. The van der Waals surface area contributed by atoms with Crippen molar-refractivity contribution in [1.82, 2.24) is 9.69 Å². The monoisotopic (exact) mass is 156 g/mol. The highest BCUT2D eigenvalue weighted by Crippen LogP contribution is 2.06. The zero-order valence-corrected chi connectivity index (χ0v) is 6.95. The van der Waals surface area contributed by atoms with Gasteiger partial charge in [0, 0.05) is 11.1 Å². The highest BCUT2D eigenvalue weighted by atomic mass is 32.1. The van der Waals surface area contributed by atoms with E-state index in [-0.39, 0.29) is 0 Å². The van der Waals surface area contributed by atoms with Crippen LogP contribution in [-0.4, -0.2) is 18.0 Å². The van der Waals surface area contributed by atoms with Crippen molar-refractivity contribution in [2.75, 3.05) is 13.6 Å². The van der Waals surface area contributed by atoms with Crippen LogP contribution in [-0.2, 0) is 6.42 Å². The summed E-state index contributed by atoms with van der Waals surface area (Å²) in [6.45, 7) is 1.10. The fraction of sp³-hybridized carbons (Fsp3) is 0.571. The van der Waals surface area contributed by atoms with Gasteiger partial charge in [-0.1, -0.05) is 0 Å². The lowest BCUT2D eigenvalue weighted by atomic mass is 10.3. The van der Waals surface area contributed by atoms with Crippen molar-refractivity contribution in [3.05, 3.63) is 17.1 Å². The highest BCUT2D eigenvalue weighted by Gasteiger charge is 1.92. The molecule has 0 bridgehead atoms. The molecule has 2 nitrogen and oxygen atoms in total. The molecular weight excluding hydrogens is 144 g/mol. The summed E-state index contributed by atoms with van der Waals surface area (Å²) in [6.07, 6.45) is 4.23. The van der Waals surface area contributed by atoms with E-state index >= 15 is 0 Å². The van der Waals surface area contributed by atoms with Crippen molar-refractivity contribution in [3.63, 3.8) is 0 Å². The molecule has 56 valence electrons. The van der Waals surface area contributed by atoms with Gasteiger partial charge in [-0.3, -0.25) is 0 Å². The van der Waals surface area contributed by atoms with Crippen LogP contribution in [0.5, 0.6) is 0 Å². The SMILES string of the molecule is CNCCCc1ccns1. The second-order valence-corrected chi connectivity index (χ2v) is 3.10. The number of hydrogen-bond acceptors (Lipinski definition) is 3. The molecule has 3 heteroatoms. The number of nitrogens with zero attached hydrogens (tertiary/aromatic N) is 1. The van der Waals surface area contributed by atoms with Gasteiger partial charge in [-0.05, 0) is 44.0 Å². The fourth-order valence-corrected chi connectivity index (χ4v) is 1.42. The Bertz CT molecular complexity index is 160. The molecule has 0 aliphatic heterocycles. The summed E-state index contributed by atoms with van der Waals surface area (Å²) >= 11 is 1.60. The minimum absolute atomic E-state index is 1.10. The van der Waals surface area contributed by atoms with Crippen molar-refractivity contribution in [1.29, 1.82) is 0 Å². The molecule has 0 saturated carbocycles. The number of aryl methyl sites for hydroxylation is 1. The zero-order chi connectivity index (χ0) is 7.23. The molecule has 0 radical (unpaired) electrons. The maximum Gasteiger partial charge on any atom is 0.0409 e. The number of hydrogen-bond donors (Lipinski definition) is 1. The van der Waals surface area contributed by atoms with Gasteiger partial charge < -0.3 is 5.32 Å². The van der Waals surface area contributed by atoms with E-state index in [0.717, 1.165) is 13.0 Å². The van der Waals surface area contributed by atoms with Crippen molar-refractivity contribution in [3.8, 4) is 0 Å². The largest absolute Gasteiger partial charge is 0.320 e. The van der Waals surface area contributed by atoms with E-state index in [4.69, 9.17) is 0 Å². The number of rotatable bonds is 4. The van der Waals surface area contributed by atoms with Crippen LogP contribution in [0, 0.1) is 0 Å². The quantitative estimate of drug-likeness (QED) is 0.665. The van der Waals surface area contributed by atoms with Crippen LogP contribution in [0.25, 0.3) is 0 Å². The van der Waals surface area contributed by atoms with Gasteiger partial charge in [0.05, 0.1) is 0 Å². The lowest BCUT2D eigenvalue weighted by Gasteiger charge is -1.94. The molecule has 0 spiro atoms. The first-order valence-corrected chi connectivity index (χ1v) is 4.25. The summed E-state index contributed by atoms with van der Waals surface area (Å²) in [4.78, 5) is 1.38.